The van der Waals surface area contributed by atoms with Crippen LogP contribution in [0.2, 0.25) is 5.02 Å². The van der Waals surface area contributed by atoms with E-state index in [9.17, 15) is 20.0 Å². The maximum atomic E-state index is 11.8. The Morgan fingerprint density at radius 3 is 2.69 bits per heavy atom. The van der Waals surface area contributed by atoms with Gasteiger partial charge < -0.3 is 18.7 Å². The Labute approximate surface area is 207 Å². The highest BCUT2D eigenvalue weighted by Crippen LogP contribution is 2.36. The van der Waals surface area contributed by atoms with Crippen LogP contribution in [0.1, 0.15) is 11.3 Å². The van der Waals surface area contributed by atoms with Gasteiger partial charge in [0.15, 0.2) is 0 Å². The molecule has 35 heavy (non-hydrogen) atoms. The van der Waals surface area contributed by atoms with E-state index in [1.165, 1.54) is 19.3 Å². The number of hydrogen-bond acceptors (Lipinski definition) is 9. The zero-order valence-corrected chi connectivity index (χ0v) is 19.8. The lowest BCUT2D eigenvalue weighted by Crippen LogP contribution is -1.96. The Morgan fingerprint density at radius 2 is 1.97 bits per heavy atom. The fourth-order valence-corrected chi connectivity index (χ4v) is 4.05. The predicted octanol–water partition coefficient (Wildman–Crippen LogP) is 6.09. The average Bonchev–Trinajstić information content (AvgIpc) is 3.48. The normalized spacial score (nSPS) is 11.5. The number of carboxylic acid groups (broad SMARTS) is 1. The van der Waals surface area contributed by atoms with E-state index in [1.807, 2.05) is 0 Å². The zero-order valence-electron chi connectivity index (χ0n) is 18.2. The molecule has 2 aromatic carbocycles. The van der Waals surface area contributed by atoms with Gasteiger partial charge in [0.05, 0.1) is 17.6 Å². The quantitative estimate of drug-likeness (QED) is 0.127. The monoisotopic (exact) mass is 513 g/mol. The second kappa shape index (κ2) is 10.0. The summed E-state index contributed by atoms with van der Waals surface area (Å²) < 4.78 is 16.6. The van der Waals surface area contributed by atoms with Crippen LogP contribution in [0, 0.1) is 17.0 Å². The van der Waals surface area contributed by atoms with Gasteiger partial charge in [-0.1, -0.05) is 23.7 Å². The van der Waals surface area contributed by atoms with Crippen LogP contribution in [0.4, 0.5) is 5.69 Å². The third-order valence-electron chi connectivity index (χ3n) is 4.87. The lowest BCUT2D eigenvalue weighted by Gasteiger charge is -2.04. The fourth-order valence-electron chi connectivity index (χ4n) is 3.23. The zero-order chi connectivity index (χ0) is 25.1. The number of carboxylic acids is 1. The first-order valence-corrected chi connectivity index (χ1v) is 11.1. The van der Waals surface area contributed by atoms with Gasteiger partial charge >= 0.3 is 5.97 Å². The molecule has 0 aliphatic carbocycles. The van der Waals surface area contributed by atoms with Crippen molar-refractivity contribution in [3.8, 4) is 28.5 Å². The van der Waals surface area contributed by atoms with E-state index < -0.39 is 10.9 Å². The molecule has 0 spiro atoms. The van der Waals surface area contributed by atoms with Crippen molar-refractivity contribution in [2.45, 2.75) is 12.1 Å². The van der Waals surface area contributed by atoms with Crippen LogP contribution in [0.5, 0.6) is 5.75 Å². The topological polar surface area (TPSA) is 142 Å². The van der Waals surface area contributed by atoms with Gasteiger partial charge in [0.25, 0.3) is 16.8 Å². The van der Waals surface area contributed by atoms with E-state index in [1.54, 1.807) is 49.4 Å². The lowest BCUT2D eigenvalue weighted by molar-refractivity contribution is -0.385. The molecule has 1 N–H and O–H groups in total. The van der Waals surface area contributed by atoms with Crippen LogP contribution in [0.15, 0.2) is 67.5 Å². The molecule has 0 fully saturated rings. The van der Waals surface area contributed by atoms with Gasteiger partial charge in [-0.25, -0.2) is 4.79 Å². The minimum absolute atomic E-state index is 0.0167. The summed E-state index contributed by atoms with van der Waals surface area (Å²) in [6, 6.07) is 12.7. The van der Waals surface area contributed by atoms with Crippen molar-refractivity contribution in [1.29, 1.82) is 0 Å². The summed E-state index contributed by atoms with van der Waals surface area (Å²) in [4.78, 5) is 22.4. The Balaban J connectivity index is 1.61. The molecule has 10 nitrogen and oxygen atoms in total. The van der Waals surface area contributed by atoms with Crippen molar-refractivity contribution >= 4 is 41.1 Å². The second-order valence-electron chi connectivity index (χ2n) is 7.04. The SMILES string of the molecule is COc1ccc(Cl)cc1-c1nnc(S/C(=C\c2ccc(-c3cccc([N+](=O)[O-])c3C)o2)C(=O)O)o1. The molecule has 0 amide bonds. The molecule has 0 aliphatic rings. The minimum Gasteiger partial charge on any atom is -0.496 e. The molecule has 12 heteroatoms. The molecule has 0 saturated carbocycles. The molecule has 178 valence electrons. The van der Waals surface area contributed by atoms with Gasteiger partial charge in [0.2, 0.25) is 0 Å². The van der Waals surface area contributed by atoms with E-state index in [0.29, 0.717) is 33.2 Å². The smallest absolute Gasteiger partial charge is 0.342 e. The molecule has 2 heterocycles. The number of ether oxygens (including phenoxy) is 1. The number of hydrogen-bond donors (Lipinski definition) is 1. The lowest BCUT2D eigenvalue weighted by atomic mass is 10.1. The van der Waals surface area contributed by atoms with Gasteiger partial charge in [-0.2, -0.15) is 0 Å². The maximum Gasteiger partial charge on any atom is 0.342 e. The number of carbonyl (C=O) groups is 1. The van der Waals surface area contributed by atoms with Crippen LogP contribution in [-0.4, -0.2) is 33.3 Å². The number of halogens is 1. The number of nitro benzene ring substituents is 1. The average molecular weight is 514 g/mol. The number of aromatic nitrogens is 2. The molecule has 4 rings (SSSR count). The summed E-state index contributed by atoms with van der Waals surface area (Å²) in [5.41, 5.74) is 1.38. The van der Waals surface area contributed by atoms with Gasteiger partial charge in [0, 0.05) is 28.3 Å². The van der Waals surface area contributed by atoms with Gasteiger partial charge in [-0.3, -0.25) is 10.1 Å². The molecule has 0 aliphatic heterocycles. The van der Waals surface area contributed by atoms with Crippen molar-refractivity contribution in [3.05, 3.63) is 79.9 Å². The summed E-state index contributed by atoms with van der Waals surface area (Å²) in [6.45, 7) is 1.62. The third kappa shape index (κ3) is 5.20. The number of aliphatic carboxylic acids is 1. The van der Waals surface area contributed by atoms with E-state index >= 15 is 0 Å². The molecule has 0 bridgehead atoms. The molecule has 0 radical (unpaired) electrons. The summed E-state index contributed by atoms with van der Waals surface area (Å²) in [7, 11) is 1.48. The number of rotatable bonds is 8. The van der Waals surface area contributed by atoms with Crippen LogP contribution < -0.4 is 4.74 Å². The molecule has 0 unspecified atom stereocenters. The summed E-state index contributed by atoms with van der Waals surface area (Å²) in [5.74, 6) is -0.0758. The molecule has 2 aromatic heterocycles. The molecular formula is C23H16ClN3O7S. The number of furan rings is 1. The van der Waals surface area contributed by atoms with Crippen LogP contribution in [0.25, 0.3) is 28.9 Å². The highest BCUT2D eigenvalue weighted by atomic mass is 35.5. The largest absolute Gasteiger partial charge is 0.496 e. The summed E-state index contributed by atoms with van der Waals surface area (Å²) in [6.07, 6.45) is 1.30. The van der Waals surface area contributed by atoms with Crippen LogP contribution >= 0.6 is 23.4 Å². The molecule has 0 saturated heterocycles. The summed E-state index contributed by atoms with van der Waals surface area (Å²) >= 11 is 6.78. The van der Waals surface area contributed by atoms with Crippen molar-refractivity contribution in [2.24, 2.45) is 0 Å². The Kier molecular flexibility index (Phi) is 6.90. The van der Waals surface area contributed by atoms with Crippen molar-refractivity contribution in [2.75, 3.05) is 7.11 Å². The first-order chi connectivity index (χ1) is 16.8. The highest BCUT2D eigenvalue weighted by molar-refractivity contribution is 8.03. The second-order valence-corrected chi connectivity index (χ2v) is 8.47. The Morgan fingerprint density at radius 1 is 1.17 bits per heavy atom. The van der Waals surface area contributed by atoms with E-state index in [2.05, 4.69) is 10.2 Å². The van der Waals surface area contributed by atoms with Gasteiger partial charge in [0.1, 0.15) is 22.2 Å². The fraction of sp³-hybridized carbons (Fsp3) is 0.0870. The molecule has 0 atom stereocenters. The van der Waals surface area contributed by atoms with Crippen LogP contribution in [0.3, 0.4) is 0 Å². The Hall–Kier alpha value is -4.09. The standard InChI is InChI=1S/C23H16ClN3O7S/c1-12-15(4-3-5-17(12)27(30)31)19-9-7-14(33-19)11-20(22(28)29)35-23-26-25-21(34-23)16-10-13(24)6-8-18(16)32-2/h3-11H,1-2H3,(H,28,29)/b20-11-. The van der Waals surface area contributed by atoms with Crippen LogP contribution in [-0.2, 0) is 4.79 Å². The highest BCUT2D eigenvalue weighted by Gasteiger charge is 2.20. The number of benzene rings is 2. The van der Waals surface area contributed by atoms with E-state index in [0.717, 1.165) is 11.8 Å². The molecule has 4 aromatic rings. The van der Waals surface area contributed by atoms with Crippen molar-refractivity contribution in [3.63, 3.8) is 0 Å². The number of nitrogens with zero attached hydrogens (tertiary/aromatic N) is 3. The van der Waals surface area contributed by atoms with Gasteiger partial charge in [-0.15, -0.1) is 10.2 Å². The van der Waals surface area contributed by atoms with E-state index in [-0.39, 0.29) is 27.5 Å². The van der Waals surface area contributed by atoms with E-state index in [4.69, 9.17) is 25.2 Å². The summed E-state index contributed by atoms with van der Waals surface area (Å²) in [5, 5.41) is 29.2. The molecular weight excluding hydrogens is 498 g/mol. The predicted molar refractivity (Wildman–Crippen MR) is 128 cm³/mol. The Bertz CT molecular complexity index is 1460. The number of nitro groups is 1. The van der Waals surface area contributed by atoms with Crippen molar-refractivity contribution < 1.29 is 28.4 Å². The first kappa shape index (κ1) is 24.0. The third-order valence-corrected chi connectivity index (χ3v) is 5.96. The minimum atomic E-state index is -1.24. The maximum absolute atomic E-state index is 11.8. The first-order valence-electron chi connectivity index (χ1n) is 9.91. The van der Waals surface area contributed by atoms with Gasteiger partial charge in [-0.05, 0) is 49.0 Å². The van der Waals surface area contributed by atoms with Crippen molar-refractivity contribution in [1.82, 2.24) is 10.2 Å². The number of methoxy groups -OCH3 is 1. The number of thioether (sulfide) groups is 1.